The van der Waals surface area contributed by atoms with Crippen molar-refractivity contribution < 1.29 is 23.8 Å². The Morgan fingerprint density at radius 1 is 1.11 bits per heavy atom. The highest BCUT2D eigenvalue weighted by Crippen LogP contribution is 2.25. The van der Waals surface area contributed by atoms with Gasteiger partial charge in [0.1, 0.15) is 23.2 Å². The van der Waals surface area contributed by atoms with Gasteiger partial charge in [-0.15, -0.1) is 0 Å². The predicted octanol–water partition coefficient (Wildman–Crippen LogP) is 4.74. The lowest BCUT2D eigenvalue weighted by Crippen LogP contribution is -2.75. The summed E-state index contributed by atoms with van der Waals surface area (Å²) in [6.07, 6.45) is 0.466. The molecule has 0 saturated heterocycles. The molecule has 0 spiro atoms. The summed E-state index contributed by atoms with van der Waals surface area (Å²) in [5.74, 6) is -0.419. The van der Waals surface area contributed by atoms with Gasteiger partial charge in [-0.1, -0.05) is 49.4 Å². The number of hydrogen-bond acceptors (Lipinski definition) is 6. The van der Waals surface area contributed by atoms with Gasteiger partial charge in [0.15, 0.2) is 11.7 Å². The highest BCUT2D eigenvalue weighted by Gasteiger charge is 2.18. The fraction of sp³-hybridized carbons (Fsp3) is 0.259. The molecule has 3 aromatic carbocycles. The molecular formula is C27H30N3O4S+. The summed E-state index contributed by atoms with van der Waals surface area (Å²) in [4.78, 5) is 19.4. The molecule has 7 nitrogen and oxygen atoms in total. The van der Waals surface area contributed by atoms with Gasteiger partial charge in [-0.25, -0.2) is 4.79 Å². The van der Waals surface area contributed by atoms with Crippen molar-refractivity contribution >= 4 is 35.0 Å². The molecule has 1 heterocycles. The normalized spacial score (nSPS) is 11.9. The van der Waals surface area contributed by atoms with E-state index >= 15 is 0 Å². The maximum absolute atomic E-state index is 11.4. The van der Waals surface area contributed by atoms with Crippen molar-refractivity contribution in [3.8, 4) is 5.75 Å². The van der Waals surface area contributed by atoms with Crippen LogP contribution in [0.3, 0.4) is 0 Å². The Morgan fingerprint density at radius 2 is 1.91 bits per heavy atom. The van der Waals surface area contributed by atoms with Gasteiger partial charge >= 0.3 is 5.97 Å². The van der Waals surface area contributed by atoms with E-state index in [0.717, 1.165) is 36.2 Å². The largest absolute Gasteiger partial charge is 0.479 e. The van der Waals surface area contributed by atoms with Crippen LogP contribution < -0.4 is 14.4 Å². The average molecular weight is 493 g/mol. The SMILES string of the molecule is CCC(Oc1cccc(CN(CCC[NH2+]Sc2ccccc2)c2nc3ccccc3o2)c1)C(=O)O. The Hall–Kier alpha value is -3.49. The molecule has 0 aliphatic carbocycles. The Balaban J connectivity index is 1.44. The first-order valence-electron chi connectivity index (χ1n) is 11.7. The number of aliphatic carboxylic acids is 1. The van der Waals surface area contributed by atoms with E-state index in [4.69, 9.17) is 14.1 Å². The molecule has 8 heteroatoms. The van der Waals surface area contributed by atoms with E-state index in [1.807, 2.05) is 60.7 Å². The summed E-state index contributed by atoms with van der Waals surface area (Å²) in [5.41, 5.74) is 2.57. The van der Waals surface area contributed by atoms with Gasteiger partial charge in [-0.2, -0.15) is 4.98 Å². The number of quaternary nitrogens is 1. The number of carbonyl (C=O) groups is 1. The molecular weight excluding hydrogens is 462 g/mol. The zero-order valence-corrected chi connectivity index (χ0v) is 20.5. The molecule has 4 rings (SSSR count). The number of carboxylic acids is 1. The minimum atomic E-state index is -0.962. The third kappa shape index (κ3) is 7.00. The van der Waals surface area contributed by atoms with Gasteiger partial charge in [0, 0.05) is 19.5 Å². The number of aromatic nitrogens is 1. The lowest BCUT2D eigenvalue weighted by atomic mass is 10.2. The third-order valence-electron chi connectivity index (χ3n) is 5.46. The van der Waals surface area contributed by atoms with E-state index in [9.17, 15) is 9.90 Å². The quantitative estimate of drug-likeness (QED) is 0.206. The van der Waals surface area contributed by atoms with Gasteiger partial charge < -0.3 is 19.2 Å². The standard InChI is InChI=1S/C27H29N3O4S/c1-2-24(26(31)32)33-21-11-8-10-20(18-21)19-30(27-29-23-14-6-7-15-25(23)34-27)17-9-16-28-35-22-12-4-3-5-13-22/h3-8,10-15,18,24,28H,2,9,16-17,19H2,1H3,(H,31,32)/p+1. The zero-order valence-electron chi connectivity index (χ0n) is 19.7. The number of para-hydroxylation sites is 2. The van der Waals surface area contributed by atoms with E-state index in [0.29, 0.717) is 24.7 Å². The van der Waals surface area contributed by atoms with Crippen molar-refractivity contribution in [2.24, 2.45) is 0 Å². The molecule has 1 atom stereocenters. The number of hydrogen-bond donors (Lipinski definition) is 2. The summed E-state index contributed by atoms with van der Waals surface area (Å²) >= 11 is 1.74. The van der Waals surface area contributed by atoms with Crippen LogP contribution in [0.1, 0.15) is 25.3 Å². The maximum Gasteiger partial charge on any atom is 0.344 e. The summed E-state index contributed by atoms with van der Waals surface area (Å²) in [5, 5.41) is 9.32. The number of nitrogens with two attached hydrogens (primary N) is 1. The van der Waals surface area contributed by atoms with Crippen LogP contribution in [0.5, 0.6) is 5.75 Å². The van der Waals surface area contributed by atoms with Crippen LogP contribution in [0, 0.1) is 0 Å². The number of rotatable bonds is 13. The Bertz CT molecular complexity index is 1200. The first-order valence-corrected chi connectivity index (χ1v) is 12.6. The molecule has 1 unspecified atom stereocenters. The topological polar surface area (TPSA) is 92.4 Å². The number of carboxylic acid groups (broad SMARTS) is 1. The number of anilines is 1. The average Bonchev–Trinajstić information content (AvgIpc) is 3.31. The van der Waals surface area contributed by atoms with Crippen molar-refractivity contribution in [3.05, 3.63) is 84.4 Å². The van der Waals surface area contributed by atoms with Gasteiger partial charge in [0.05, 0.1) is 11.4 Å². The molecule has 1 aromatic heterocycles. The molecule has 182 valence electrons. The second-order valence-electron chi connectivity index (χ2n) is 8.13. The molecule has 0 fully saturated rings. The predicted molar refractivity (Wildman–Crippen MR) is 138 cm³/mol. The lowest BCUT2D eigenvalue weighted by molar-refractivity contribution is -0.480. The second-order valence-corrected chi connectivity index (χ2v) is 9.17. The zero-order chi connectivity index (χ0) is 24.5. The van der Waals surface area contributed by atoms with Crippen LogP contribution in [0.15, 0.2) is 88.2 Å². The van der Waals surface area contributed by atoms with Gasteiger partial charge in [0.2, 0.25) is 0 Å². The molecule has 0 amide bonds. The Kier molecular flexibility index (Phi) is 8.64. The van der Waals surface area contributed by atoms with E-state index < -0.39 is 12.1 Å². The number of fused-ring (bicyclic) bond motifs is 1. The first kappa shape index (κ1) is 24.6. The third-order valence-corrected chi connectivity index (χ3v) is 6.41. The molecule has 0 bridgehead atoms. The minimum Gasteiger partial charge on any atom is -0.479 e. The monoisotopic (exact) mass is 492 g/mol. The van der Waals surface area contributed by atoms with Gasteiger partial charge in [-0.3, -0.25) is 4.72 Å². The maximum atomic E-state index is 11.4. The number of ether oxygens (including phenoxy) is 1. The van der Waals surface area contributed by atoms with E-state index in [-0.39, 0.29) is 0 Å². The molecule has 0 saturated carbocycles. The Labute approximate surface area is 209 Å². The van der Waals surface area contributed by atoms with Crippen LogP contribution in [0.25, 0.3) is 11.1 Å². The van der Waals surface area contributed by atoms with Gasteiger partial charge in [0.25, 0.3) is 6.01 Å². The molecule has 0 aliphatic rings. The van der Waals surface area contributed by atoms with Crippen molar-refractivity contribution in [1.82, 2.24) is 4.98 Å². The summed E-state index contributed by atoms with van der Waals surface area (Å²) in [6.45, 7) is 4.07. The van der Waals surface area contributed by atoms with E-state index in [1.54, 1.807) is 24.9 Å². The summed E-state index contributed by atoms with van der Waals surface area (Å²) in [6, 6.07) is 26.2. The highest BCUT2D eigenvalue weighted by atomic mass is 32.2. The minimum absolute atomic E-state index is 0.395. The second kappa shape index (κ2) is 12.3. The Morgan fingerprint density at radius 3 is 2.69 bits per heavy atom. The van der Waals surface area contributed by atoms with E-state index in [2.05, 4.69) is 21.8 Å². The van der Waals surface area contributed by atoms with Crippen LogP contribution in [-0.2, 0) is 11.3 Å². The van der Waals surface area contributed by atoms with Crippen LogP contribution in [0.4, 0.5) is 6.01 Å². The van der Waals surface area contributed by atoms with Crippen LogP contribution in [0.2, 0.25) is 0 Å². The number of benzene rings is 3. The fourth-order valence-electron chi connectivity index (χ4n) is 3.67. The first-order chi connectivity index (χ1) is 17.1. The molecule has 0 radical (unpaired) electrons. The van der Waals surface area contributed by atoms with Crippen molar-refractivity contribution in [2.45, 2.75) is 37.3 Å². The van der Waals surface area contributed by atoms with Crippen LogP contribution in [-0.4, -0.2) is 35.3 Å². The molecule has 4 aromatic rings. The van der Waals surface area contributed by atoms with Crippen molar-refractivity contribution in [2.75, 3.05) is 18.0 Å². The smallest absolute Gasteiger partial charge is 0.344 e. The molecule has 3 N–H and O–H groups in total. The number of oxazole rings is 1. The number of nitrogens with zero attached hydrogens (tertiary/aromatic N) is 2. The van der Waals surface area contributed by atoms with Crippen molar-refractivity contribution in [3.63, 3.8) is 0 Å². The molecule has 0 aliphatic heterocycles. The fourth-order valence-corrected chi connectivity index (χ4v) is 4.46. The molecule has 35 heavy (non-hydrogen) atoms. The summed E-state index contributed by atoms with van der Waals surface area (Å²) in [7, 11) is 0. The lowest BCUT2D eigenvalue weighted by Gasteiger charge is -2.21. The summed E-state index contributed by atoms with van der Waals surface area (Å²) < 4.78 is 14.0. The van der Waals surface area contributed by atoms with Crippen LogP contribution >= 0.6 is 11.9 Å². The highest BCUT2D eigenvalue weighted by molar-refractivity contribution is 7.92. The van der Waals surface area contributed by atoms with Gasteiger partial charge in [-0.05, 0) is 48.4 Å². The van der Waals surface area contributed by atoms with E-state index in [1.165, 1.54) is 4.90 Å². The van der Waals surface area contributed by atoms with Crippen molar-refractivity contribution in [1.29, 1.82) is 0 Å².